The van der Waals surface area contributed by atoms with Gasteiger partial charge >= 0.3 is 12.1 Å². The Morgan fingerprint density at radius 2 is 1.55 bits per heavy atom. The summed E-state index contributed by atoms with van der Waals surface area (Å²) in [4.78, 5) is 35.0. The number of rotatable bonds is 9. The molecule has 0 radical (unpaired) electrons. The van der Waals surface area contributed by atoms with Crippen molar-refractivity contribution in [3.8, 4) is 11.1 Å². The predicted molar refractivity (Wildman–Crippen MR) is 117 cm³/mol. The van der Waals surface area contributed by atoms with Crippen molar-refractivity contribution in [2.24, 2.45) is 5.92 Å². The number of carboxylic acids is 1. The molecule has 2 amide bonds. The van der Waals surface area contributed by atoms with Gasteiger partial charge in [0.1, 0.15) is 6.61 Å². The summed E-state index contributed by atoms with van der Waals surface area (Å²) in [5.74, 6) is -1.32. The van der Waals surface area contributed by atoms with E-state index in [1.54, 1.807) is 13.8 Å². The molecule has 2 atom stereocenters. The highest BCUT2D eigenvalue weighted by Crippen LogP contribution is 2.44. The van der Waals surface area contributed by atoms with Crippen molar-refractivity contribution in [2.45, 2.75) is 38.6 Å². The van der Waals surface area contributed by atoms with E-state index < -0.39 is 18.1 Å². The number of carbonyl (C=O) groups excluding carboxylic acids is 2. The topological polar surface area (TPSA) is 105 Å². The van der Waals surface area contributed by atoms with Crippen LogP contribution in [0.15, 0.2) is 48.5 Å². The number of alkyl carbamates (subject to hydrolysis) is 1. The van der Waals surface area contributed by atoms with Crippen LogP contribution in [0.3, 0.4) is 0 Å². The SMILES string of the molecule is CC(CNC(=O)CC(C)NC(=O)OCC1c2ccccc2-c2ccccc21)CC(=O)O. The molecule has 2 aromatic carbocycles. The molecule has 7 heteroatoms. The van der Waals surface area contributed by atoms with E-state index in [1.807, 2.05) is 24.3 Å². The zero-order valence-corrected chi connectivity index (χ0v) is 17.8. The summed E-state index contributed by atoms with van der Waals surface area (Å²) < 4.78 is 5.49. The zero-order valence-electron chi connectivity index (χ0n) is 17.8. The Kier molecular flexibility index (Phi) is 7.28. The van der Waals surface area contributed by atoms with Gasteiger partial charge in [0.2, 0.25) is 5.91 Å². The molecule has 1 aliphatic carbocycles. The Balaban J connectivity index is 1.47. The Morgan fingerprint density at radius 1 is 0.968 bits per heavy atom. The maximum Gasteiger partial charge on any atom is 0.407 e. The number of carboxylic acid groups (broad SMARTS) is 1. The molecule has 0 fully saturated rings. The van der Waals surface area contributed by atoms with E-state index in [0.717, 1.165) is 22.3 Å². The molecule has 0 bridgehead atoms. The van der Waals surface area contributed by atoms with Gasteiger partial charge in [0.15, 0.2) is 0 Å². The minimum atomic E-state index is -0.896. The molecule has 3 rings (SSSR count). The Morgan fingerprint density at radius 3 is 2.13 bits per heavy atom. The van der Waals surface area contributed by atoms with E-state index in [1.165, 1.54) is 0 Å². The molecule has 0 saturated heterocycles. The molecule has 2 unspecified atom stereocenters. The summed E-state index contributed by atoms with van der Waals surface area (Å²) in [6, 6.07) is 15.8. The third-order valence-corrected chi connectivity index (χ3v) is 5.37. The van der Waals surface area contributed by atoms with Crippen molar-refractivity contribution < 1.29 is 24.2 Å². The molecule has 0 aliphatic heterocycles. The Hall–Kier alpha value is -3.35. The average molecular weight is 424 g/mol. The summed E-state index contributed by atoms with van der Waals surface area (Å²) in [6.07, 6.45) is -0.487. The third-order valence-electron chi connectivity index (χ3n) is 5.37. The second-order valence-electron chi connectivity index (χ2n) is 8.08. The lowest BCUT2D eigenvalue weighted by molar-refractivity contribution is -0.138. The molecular weight excluding hydrogens is 396 g/mol. The molecule has 164 valence electrons. The highest BCUT2D eigenvalue weighted by Gasteiger charge is 2.29. The van der Waals surface area contributed by atoms with Gasteiger partial charge in [-0.3, -0.25) is 9.59 Å². The van der Waals surface area contributed by atoms with Gasteiger partial charge in [0, 0.05) is 31.3 Å². The van der Waals surface area contributed by atoms with Crippen molar-refractivity contribution >= 4 is 18.0 Å². The summed E-state index contributed by atoms with van der Waals surface area (Å²) in [5.41, 5.74) is 4.60. The minimum Gasteiger partial charge on any atom is -0.481 e. The van der Waals surface area contributed by atoms with Crippen molar-refractivity contribution in [1.29, 1.82) is 0 Å². The van der Waals surface area contributed by atoms with E-state index in [2.05, 4.69) is 34.9 Å². The first-order valence-corrected chi connectivity index (χ1v) is 10.4. The average Bonchev–Trinajstić information content (AvgIpc) is 3.04. The minimum absolute atomic E-state index is 0.00612. The number of hydrogen-bond acceptors (Lipinski definition) is 4. The van der Waals surface area contributed by atoms with Gasteiger partial charge in [-0.05, 0) is 35.1 Å². The quantitative estimate of drug-likeness (QED) is 0.571. The fourth-order valence-electron chi connectivity index (χ4n) is 3.90. The van der Waals surface area contributed by atoms with Crippen LogP contribution in [-0.4, -0.2) is 42.3 Å². The molecule has 0 saturated carbocycles. The largest absolute Gasteiger partial charge is 0.481 e. The zero-order chi connectivity index (χ0) is 22.4. The van der Waals surface area contributed by atoms with Gasteiger partial charge in [0.25, 0.3) is 0 Å². The van der Waals surface area contributed by atoms with Crippen LogP contribution in [0.5, 0.6) is 0 Å². The lowest BCUT2D eigenvalue weighted by Gasteiger charge is -2.17. The van der Waals surface area contributed by atoms with E-state index in [9.17, 15) is 14.4 Å². The van der Waals surface area contributed by atoms with Crippen LogP contribution in [0.1, 0.15) is 43.7 Å². The fourth-order valence-corrected chi connectivity index (χ4v) is 3.90. The van der Waals surface area contributed by atoms with Crippen LogP contribution in [0.25, 0.3) is 11.1 Å². The number of hydrogen-bond donors (Lipinski definition) is 3. The van der Waals surface area contributed by atoms with E-state index >= 15 is 0 Å². The van der Waals surface area contributed by atoms with E-state index in [0.29, 0.717) is 0 Å². The molecule has 0 aromatic heterocycles. The monoisotopic (exact) mass is 424 g/mol. The Labute approximate surface area is 181 Å². The first-order chi connectivity index (χ1) is 14.8. The van der Waals surface area contributed by atoms with Crippen molar-refractivity contribution in [3.05, 3.63) is 59.7 Å². The second-order valence-corrected chi connectivity index (χ2v) is 8.08. The maximum atomic E-state index is 12.3. The molecular formula is C24H28N2O5. The fraction of sp³-hybridized carbons (Fsp3) is 0.375. The predicted octanol–water partition coefficient (Wildman–Crippen LogP) is 3.53. The van der Waals surface area contributed by atoms with Crippen LogP contribution in [0.2, 0.25) is 0 Å². The van der Waals surface area contributed by atoms with Crippen LogP contribution < -0.4 is 10.6 Å². The summed E-state index contributed by atoms with van der Waals surface area (Å²) in [5, 5.41) is 14.1. The van der Waals surface area contributed by atoms with Crippen LogP contribution in [0.4, 0.5) is 4.79 Å². The summed E-state index contributed by atoms with van der Waals surface area (Å²) in [6.45, 7) is 3.97. The van der Waals surface area contributed by atoms with E-state index in [4.69, 9.17) is 9.84 Å². The van der Waals surface area contributed by atoms with Crippen molar-refractivity contribution in [1.82, 2.24) is 10.6 Å². The van der Waals surface area contributed by atoms with Gasteiger partial charge in [-0.25, -0.2) is 4.79 Å². The highest BCUT2D eigenvalue weighted by atomic mass is 16.5. The van der Waals surface area contributed by atoms with Gasteiger partial charge in [-0.15, -0.1) is 0 Å². The number of benzene rings is 2. The van der Waals surface area contributed by atoms with Crippen LogP contribution in [-0.2, 0) is 14.3 Å². The van der Waals surface area contributed by atoms with E-state index in [-0.39, 0.29) is 43.7 Å². The number of amides is 2. The van der Waals surface area contributed by atoms with Crippen molar-refractivity contribution in [3.63, 3.8) is 0 Å². The van der Waals surface area contributed by atoms with Gasteiger partial charge in [0.05, 0.1) is 0 Å². The first-order valence-electron chi connectivity index (χ1n) is 10.4. The molecule has 2 aromatic rings. The molecule has 0 spiro atoms. The standard InChI is InChI=1S/C24H28N2O5/c1-15(11-23(28)29)13-25-22(27)12-16(2)26-24(30)31-14-21-19-9-5-3-7-17(19)18-8-4-6-10-20(18)21/h3-10,15-16,21H,11-14H2,1-2H3,(H,25,27)(H,26,30)(H,28,29). The smallest absolute Gasteiger partial charge is 0.407 e. The summed E-state index contributed by atoms with van der Waals surface area (Å²) in [7, 11) is 0. The molecule has 7 nitrogen and oxygen atoms in total. The van der Waals surface area contributed by atoms with Crippen molar-refractivity contribution in [2.75, 3.05) is 13.2 Å². The molecule has 0 heterocycles. The van der Waals surface area contributed by atoms with Gasteiger partial charge < -0.3 is 20.5 Å². The number of ether oxygens (including phenoxy) is 1. The lowest BCUT2D eigenvalue weighted by atomic mass is 9.98. The van der Waals surface area contributed by atoms with Crippen LogP contribution in [0, 0.1) is 5.92 Å². The van der Waals surface area contributed by atoms with Gasteiger partial charge in [-0.1, -0.05) is 55.5 Å². The normalized spacial score (nSPS) is 14.1. The first kappa shape index (κ1) is 22.3. The Bertz CT molecular complexity index is 913. The summed E-state index contributed by atoms with van der Waals surface area (Å²) >= 11 is 0. The van der Waals surface area contributed by atoms with Crippen LogP contribution >= 0.6 is 0 Å². The van der Waals surface area contributed by atoms with Gasteiger partial charge in [-0.2, -0.15) is 0 Å². The molecule has 1 aliphatic rings. The number of fused-ring (bicyclic) bond motifs is 3. The maximum absolute atomic E-state index is 12.3. The third kappa shape index (κ3) is 5.84. The molecule has 31 heavy (non-hydrogen) atoms. The second kappa shape index (κ2) is 10.1. The highest BCUT2D eigenvalue weighted by molar-refractivity contribution is 5.79. The molecule has 3 N–H and O–H groups in total. The number of carbonyl (C=O) groups is 3. The number of nitrogens with one attached hydrogen (secondary N) is 2. The number of aliphatic carboxylic acids is 1. The lowest BCUT2D eigenvalue weighted by Crippen LogP contribution is -2.39.